The van der Waals surface area contributed by atoms with Crippen molar-refractivity contribution in [2.45, 2.75) is 57.9 Å². The summed E-state index contributed by atoms with van der Waals surface area (Å²) in [5.74, 6) is 1.69. The number of hydrogen-bond donors (Lipinski definition) is 1. The van der Waals surface area contributed by atoms with E-state index in [1.807, 2.05) is 24.3 Å². The van der Waals surface area contributed by atoms with Crippen LogP contribution in [0.3, 0.4) is 0 Å². The molecule has 1 atom stereocenters. The van der Waals surface area contributed by atoms with Gasteiger partial charge in [0.1, 0.15) is 24.1 Å². The Bertz CT molecular complexity index is 1550. The van der Waals surface area contributed by atoms with E-state index in [0.717, 1.165) is 62.5 Å². The Morgan fingerprint density at radius 2 is 1.95 bits per heavy atom. The van der Waals surface area contributed by atoms with E-state index in [4.69, 9.17) is 31.0 Å². The first-order valence-corrected chi connectivity index (χ1v) is 14.3. The maximum Gasteiger partial charge on any atom is 0.222 e. The highest BCUT2D eigenvalue weighted by molar-refractivity contribution is 6.30. The number of aromatic nitrogens is 4. The van der Waals surface area contributed by atoms with E-state index >= 15 is 0 Å². The Hall–Kier alpha value is -3.60. The van der Waals surface area contributed by atoms with Crippen molar-refractivity contribution in [3.63, 3.8) is 0 Å². The maximum absolute atomic E-state index is 14.1. The summed E-state index contributed by atoms with van der Waals surface area (Å²) in [5.41, 5.74) is 2.99. The van der Waals surface area contributed by atoms with Gasteiger partial charge in [-0.1, -0.05) is 23.7 Å². The van der Waals surface area contributed by atoms with E-state index in [0.29, 0.717) is 40.4 Å². The average Bonchev–Trinajstić information content (AvgIpc) is 3.26. The Morgan fingerprint density at radius 3 is 2.68 bits per heavy atom. The number of nitrogens with one attached hydrogen (secondary N) is 1. The van der Waals surface area contributed by atoms with Crippen LogP contribution in [-0.4, -0.2) is 56.1 Å². The second-order valence-electron chi connectivity index (χ2n) is 10.6. The summed E-state index contributed by atoms with van der Waals surface area (Å²) in [4.78, 5) is 28.1. The smallest absolute Gasteiger partial charge is 0.222 e. The van der Waals surface area contributed by atoms with E-state index < -0.39 is 5.82 Å². The predicted molar refractivity (Wildman–Crippen MR) is 153 cm³/mol. The van der Waals surface area contributed by atoms with Crippen LogP contribution in [0.15, 0.2) is 48.5 Å². The van der Waals surface area contributed by atoms with Gasteiger partial charge in [0.2, 0.25) is 11.8 Å². The number of piperidine rings is 1. The Morgan fingerprint density at radius 1 is 1.12 bits per heavy atom. The van der Waals surface area contributed by atoms with Gasteiger partial charge in [0, 0.05) is 41.8 Å². The van der Waals surface area contributed by atoms with Crippen LogP contribution in [0.4, 0.5) is 10.2 Å². The predicted octanol–water partition coefficient (Wildman–Crippen LogP) is 5.32. The van der Waals surface area contributed by atoms with Crippen molar-refractivity contribution >= 4 is 34.5 Å². The summed E-state index contributed by atoms with van der Waals surface area (Å²) in [7, 11) is 0. The zero-order valence-corrected chi connectivity index (χ0v) is 23.6. The van der Waals surface area contributed by atoms with Crippen molar-refractivity contribution in [2.75, 3.05) is 25.0 Å². The van der Waals surface area contributed by atoms with E-state index in [-0.39, 0.29) is 18.6 Å². The topological polar surface area (TPSA) is 94.4 Å². The molecule has 11 heteroatoms. The van der Waals surface area contributed by atoms with Gasteiger partial charge < -0.3 is 19.4 Å². The number of benzene rings is 1. The number of ether oxygens (including phenoxy) is 2. The Kier molecular flexibility index (Phi) is 8.13. The van der Waals surface area contributed by atoms with Gasteiger partial charge in [-0.15, -0.1) is 0 Å². The molecule has 1 amide bonds. The van der Waals surface area contributed by atoms with Crippen LogP contribution in [0.1, 0.15) is 49.2 Å². The molecule has 2 saturated heterocycles. The van der Waals surface area contributed by atoms with Crippen molar-refractivity contribution in [1.82, 2.24) is 24.4 Å². The SMILES string of the molecule is CC(=O)Nc1ccc2c(n1)nc(CN1CCC(c3cccc(OCc4ccc(Cl)cc4F)n3)CC1)n2CC1CCO1. The summed E-state index contributed by atoms with van der Waals surface area (Å²) in [6.45, 7) is 5.60. The standard InChI is InChI=1S/C30H32ClFN6O3/c1-19(39)33-27-8-7-26-30(35-27)36-28(38(26)16-23-11-14-40-23)17-37-12-9-20(10-13-37)25-3-2-4-29(34-25)41-18-21-5-6-22(31)15-24(21)32/h2-8,15,20,23H,9-14,16-18H2,1H3,(H,33,35,39). The third-order valence-electron chi connectivity index (χ3n) is 7.68. The molecule has 0 aliphatic carbocycles. The number of carbonyl (C=O) groups excluding carboxylic acids is 1. The Labute approximate surface area is 242 Å². The number of amides is 1. The molecule has 0 saturated carbocycles. The average molecular weight is 579 g/mol. The van der Waals surface area contributed by atoms with Gasteiger partial charge >= 0.3 is 0 Å². The van der Waals surface area contributed by atoms with Crippen molar-refractivity contribution in [1.29, 1.82) is 0 Å². The van der Waals surface area contributed by atoms with E-state index in [1.54, 1.807) is 18.2 Å². The van der Waals surface area contributed by atoms with Crippen LogP contribution in [0, 0.1) is 5.82 Å². The molecule has 5 heterocycles. The highest BCUT2D eigenvalue weighted by Crippen LogP contribution is 2.30. The molecule has 6 rings (SSSR count). The van der Waals surface area contributed by atoms with Crippen LogP contribution < -0.4 is 10.1 Å². The monoisotopic (exact) mass is 578 g/mol. The number of likely N-dealkylation sites (tertiary alicyclic amines) is 1. The normalized spacial score (nSPS) is 17.9. The summed E-state index contributed by atoms with van der Waals surface area (Å²) < 4.78 is 27.9. The first-order valence-electron chi connectivity index (χ1n) is 13.9. The number of imidazole rings is 1. The fourth-order valence-electron chi connectivity index (χ4n) is 5.38. The van der Waals surface area contributed by atoms with Crippen LogP contribution in [0.5, 0.6) is 5.88 Å². The van der Waals surface area contributed by atoms with Crippen molar-refractivity contribution in [2.24, 2.45) is 0 Å². The summed E-state index contributed by atoms with van der Waals surface area (Å²) in [6, 6.07) is 14.1. The first-order chi connectivity index (χ1) is 19.9. The first kappa shape index (κ1) is 27.6. The van der Waals surface area contributed by atoms with E-state index in [9.17, 15) is 9.18 Å². The second-order valence-corrected chi connectivity index (χ2v) is 11.1. The minimum absolute atomic E-state index is 0.0892. The highest BCUT2D eigenvalue weighted by Gasteiger charge is 2.26. The molecule has 1 N–H and O–H groups in total. The summed E-state index contributed by atoms with van der Waals surface area (Å²) in [6.07, 6.45) is 3.13. The number of halogens is 2. The molecule has 41 heavy (non-hydrogen) atoms. The fourth-order valence-corrected chi connectivity index (χ4v) is 5.54. The molecule has 0 radical (unpaired) electrons. The van der Waals surface area contributed by atoms with Gasteiger partial charge in [0.25, 0.3) is 0 Å². The van der Waals surface area contributed by atoms with Gasteiger partial charge in [-0.3, -0.25) is 9.69 Å². The van der Waals surface area contributed by atoms with Gasteiger partial charge in [-0.25, -0.2) is 19.3 Å². The molecule has 2 fully saturated rings. The highest BCUT2D eigenvalue weighted by atomic mass is 35.5. The third kappa shape index (κ3) is 6.50. The second kappa shape index (κ2) is 12.1. The molecule has 4 aromatic rings. The number of anilines is 1. The van der Waals surface area contributed by atoms with Crippen LogP contribution in [-0.2, 0) is 29.2 Å². The van der Waals surface area contributed by atoms with Crippen molar-refractivity contribution < 1.29 is 18.7 Å². The number of pyridine rings is 2. The number of nitrogens with zero attached hydrogens (tertiary/aromatic N) is 5. The lowest BCUT2D eigenvalue weighted by Gasteiger charge is -2.32. The largest absolute Gasteiger partial charge is 0.473 e. The molecule has 0 spiro atoms. The van der Waals surface area contributed by atoms with Crippen molar-refractivity contribution in [3.8, 4) is 5.88 Å². The molecular weight excluding hydrogens is 547 g/mol. The van der Waals surface area contributed by atoms with E-state index in [1.165, 1.54) is 13.0 Å². The molecule has 9 nitrogen and oxygen atoms in total. The minimum Gasteiger partial charge on any atom is -0.473 e. The summed E-state index contributed by atoms with van der Waals surface area (Å²) >= 11 is 5.85. The quantitative estimate of drug-likeness (QED) is 0.287. The third-order valence-corrected chi connectivity index (χ3v) is 7.92. The van der Waals surface area contributed by atoms with Crippen LogP contribution in [0.2, 0.25) is 5.02 Å². The molecule has 1 aromatic carbocycles. The number of fused-ring (bicyclic) bond motifs is 1. The number of hydrogen-bond acceptors (Lipinski definition) is 7. The zero-order valence-electron chi connectivity index (χ0n) is 22.9. The van der Waals surface area contributed by atoms with Crippen LogP contribution in [0.25, 0.3) is 11.2 Å². The van der Waals surface area contributed by atoms with Gasteiger partial charge in [-0.2, -0.15) is 0 Å². The molecule has 0 bridgehead atoms. The lowest BCUT2D eigenvalue weighted by molar-refractivity contribution is -0.114. The molecule has 2 aliphatic rings. The lowest BCUT2D eigenvalue weighted by atomic mass is 9.93. The zero-order chi connectivity index (χ0) is 28.3. The molecule has 214 valence electrons. The molecular formula is C30H32ClFN6O3. The maximum atomic E-state index is 14.1. The fraction of sp³-hybridized carbons (Fsp3) is 0.400. The van der Waals surface area contributed by atoms with Gasteiger partial charge in [-0.05, 0) is 62.7 Å². The molecule has 3 aromatic heterocycles. The minimum atomic E-state index is -0.390. The lowest BCUT2D eigenvalue weighted by Crippen LogP contribution is -2.35. The van der Waals surface area contributed by atoms with Crippen LogP contribution >= 0.6 is 11.6 Å². The molecule has 2 aliphatic heterocycles. The van der Waals surface area contributed by atoms with Crippen molar-refractivity contribution in [3.05, 3.63) is 76.5 Å². The number of carbonyl (C=O) groups is 1. The van der Waals surface area contributed by atoms with Gasteiger partial charge in [0.05, 0.1) is 24.7 Å². The number of rotatable bonds is 9. The van der Waals surface area contributed by atoms with Gasteiger partial charge in [0.15, 0.2) is 5.65 Å². The Balaban J connectivity index is 1.10. The summed E-state index contributed by atoms with van der Waals surface area (Å²) in [5, 5.41) is 3.10. The molecule has 1 unspecified atom stereocenters. The van der Waals surface area contributed by atoms with E-state index in [2.05, 4.69) is 19.8 Å².